The van der Waals surface area contributed by atoms with E-state index in [-0.39, 0.29) is 30.4 Å². The van der Waals surface area contributed by atoms with E-state index >= 15 is 0 Å². The fourth-order valence-corrected chi connectivity index (χ4v) is 4.90. The van der Waals surface area contributed by atoms with Gasteiger partial charge in [0.25, 0.3) is 5.56 Å². The molecule has 2 aliphatic rings. The van der Waals surface area contributed by atoms with Crippen molar-refractivity contribution in [1.29, 1.82) is 0 Å². The van der Waals surface area contributed by atoms with Crippen LogP contribution in [-0.2, 0) is 20.1 Å². The molecule has 4 aromatic rings. The number of nitrogens with zero attached hydrogens (tertiary/aromatic N) is 8. The van der Waals surface area contributed by atoms with Gasteiger partial charge in [-0.15, -0.1) is 0 Å². The number of rotatable bonds is 6. The van der Waals surface area contributed by atoms with Crippen LogP contribution in [0.5, 0.6) is 0 Å². The van der Waals surface area contributed by atoms with Gasteiger partial charge < -0.3 is 14.0 Å². The lowest BCUT2D eigenvalue weighted by Crippen LogP contribution is -2.24. The monoisotopic (exact) mass is 448 g/mol. The molecule has 10 nitrogen and oxygen atoms in total. The molecule has 0 spiro atoms. The van der Waals surface area contributed by atoms with Gasteiger partial charge in [0.15, 0.2) is 17.0 Å². The highest BCUT2D eigenvalue weighted by atomic mass is 19.1. The molecule has 0 N–H and O–H groups in total. The number of aliphatic imine (C=N–C) groups is 1. The molecule has 2 fully saturated rings. The van der Waals surface area contributed by atoms with Crippen LogP contribution in [0.15, 0.2) is 45.2 Å². The lowest BCUT2D eigenvalue weighted by Gasteiger charge is -2.22. The molecule has 168 valence electrons. The van der Waals surface area contributed by atoms with Gasteiger partial charge in [-0.25, -0.2) is 14.4 Å². The molecular formula is C22H21FN8O2. The molecule has 0 unspecified atom stereocenters. The van der Waals surface area contributed by atoms with E-state index < -0.39 is 0 Å². The Labute approximate surface area is 187 Å². The maximum absolute atomic E-state index is 14.3. The zero-order valence-corrected chi connectivity index (χ0v) is 17.9. The number of anilines is 1. The van der Waals surface area contributed by atoms with E-state index in [0.29, 0.717) is 40.3 Å². The largest absolute Gasteiger partial charge is 0.371 e. The molecule has 0 bridgehead atoms. The summed E-state index contributed by atoms with van der Waals surface area (Å²) in [5, 5.41) is 4.17. The second-order valence-corrected chi connectivity index (χ2v) is 8.67. The minimum absolute atomic E-state index is 0.152. The van der Waals surface area contributed by atoms with Gasteiger partial charge in [-0.05, 0) is 30.7 Å². The van der Waals surface area contributed by atoms with Gasteiger partial charge in [-0.2, -0.15) is 4.98 Å². The molecule has 1 aromatic carbocycles. The summed E-state index contributed by atoms with van der Waals surface area (Å²) in [6, 6.07) is 5.27. The summed E-state index contributed by atoms with van der Waals surface area (Å²) in [5.41, 5.74) is 2.05. The summed E-state index contributed by atoms with van der Waals surface area (Å²) < 4.78 is 22.8. The Balaban J connectivity index is 1.14. The summed E-state index contributed by atoms with van der Waals surface area (Å²) >= 11 is 0. The standard InChI is InChI=1S/C22H21FN8O2/c1-24-6-12-3-4-13(5-16(12)23)30-7-14-15(8-30)18(14)20-27-17(33-28-20)9-31-11-26-21-19(22(31)32)29(2)10-25-21/h3-5,10-11,14-15,18H,1,6-9H2,2H3/t14-,15+,18+. The van der Waals surface area contributed by atoms with E-state index in [1.165, 1.54) is 10.9 Å². The van der Waals surface area contributed by atoms with E-state index in [1.54, 1.807) is 30.1 Å². The van der Waals surface area contributed by atoms with Gasteiger partial charge in [0.1, 0.15) is 18.7 Å². The molecule has 6 rings (SSSR count). The number of imidazole rings is 1. The van der Waals surface area contributed by atoms with Crippen LogP contribution < -0.4 is 10.5 Å². The Kier molecular flexibility index (Phi) is 4.39. The lowest BCUT2D eigenvalue weighted by molar-refractivity contribution is 0.363. The molecular weight excluding hydrogens is 427 g/mol. The number of aryl methyl sites for hydroxylation is 1. The first-order valence-electron chi connectivity index (χ1n) is 10.7. The summed E-state index contributed by atoms with van der Waals surface area (Å²) in [6.45, 7) is 5.49. The van der Waals surface area contributed by atoms with Gasteiger partial charge in [-0.3, -0.25) is 14.4 Å². The molecule has 1 saturated heterocycles. The Hall–Kier alpha value is -3.89. The third-order valence-corrected chi connectivity index (χ3v) is 6.67. The van der Waals surface area contributed by atoms with Crippen LogP contribution in [0.3, 0.4) is 0 Å². The summed E-state index contributed by atoms with van der Waals surface area (Å²) in [6.07, 6.45) is 3.01. The van der Waals surface area contributed by atoms with Gasteiger partial charge in [0.2, 0.25) is 5.89 Å². The van der Waals surface area contributed by atoms with E-state index in [9.17, 15) is 9.18 Å². The first-order chi connectivity index (χ1) is 16.0. The average Bonchev–Trinajstić information content (AvgIpc) is 3.21. The number of halogens is 1. The number of hydrogen-bond acceptors (Lipinski definition) is 8. The van der Waals surface area contributed by atoms with Gasteiger partial charge in [-0.1, -0.05) is 11.2 Å². The first-order valence-corrected chi connectivity index (χ1v) is 10.7. The number of aromatic nitrogens is 6. The van der Waals surface area contributed by atoms with Crippen molar-refractivity contribution in [3.63, 3.8) is 0 Å². The van der Waals surface area contributed by atoms with Crippen molar-refractivity contribution in [2.24, 2.45) is 23.9 Å². The normalized spacial score (nSPS) is 21.5. The highest BCUT2D eigenvalue weighted by molar-refractivity contribution is 5.68. The van der Waals surface area contributed by atoms with E-state index in [0.717, 1.165) is 18.8 Å². The van der Waals surface area contributed by atoms with Crippen LogP contribution in [0.25, 0.3) is 11.2 Å². The molecule has 4 heterocycles. The first kappa shape index (κ1) is 19.8. The smallest absolute Gasteiger partial charge is 0.280 e. The predicted molar refractivity (Wildman–Crippen MR) is 118 cm³/mol. The highest BCUT2D eigenvalue weighted by Gasteiger charge is 2.58. The van der Waals surface area contributed by atoms with Gasteiger partial charge >= 0.3 is 0 Å². The third-order valence-electron chi connectivity index (χ3n) is 6.67. The molecule has 1 aliphatic heterocycles. The predicted octanol–water partition coefficient (Wildman–Crippen LogP) is 1.75. The zero-order chi connectivity index (χ0) is 22.7. The Morgan fingerprint density at radius 3 is 2.79 bits per heavy atom. The number of piperidine rings is 1. The van der Waals surface area contributed by atoms with Crippen LogP contribution in [0.4, 0.5) is 10.1 Å². The molecule has 33 heavy (non-hydrogen) atoms. The summed E-state index contributed by atoms with van der Waals surface area (Å²) in [4.78, 5) is 31.5. The van der Waals surface area contributed by atoms with Crippen LogP contribution in [-0.4, -0.2) is 49.0 Å². The van der Waals surface area contributed by atoms with Crippen LogP contribution in [0.1, 0.15) is 23.2 Å². The fourth-order valence-electron chi connectivity index (χ4n) is 4.90. The average molecular weight is 448 g/mol. The molecule has 3 aromatic heterocycles. The maximum Gasteiger partial charge on any atom is 0.280 e. The van der Waals surface area contributed by atoms with Crippen molar-refractivity contribution in [2.45, 2.75) is 19.0 Å². The van der Waals surface area contributed by atoms with E-state index in [2.05, 4.69) is 36.7 Å². The molecule has 11 heteroatoms. The molecule has 1 aliphatic carbocycles. The molecule has 3 atom stereocenters. The van der Waals surface area contributed by atoms with Crippen LogP contribution >= 0.6 is 0 Å². The highest BCUT2D eigenvalue weighted by Crippen LogP contribution is 2.57. The quantitative estimate of drug-likeness (QED) is 0.414. The summed E-state index contributed by atoms with van der Waals surface area (Å²) in [5.74, 6) is 1.81. The van der Waals surface area contributed by atoms with Gasteiger partial charge in [0.05, 0.1) is 12.9 Å². The minimum atomic E-state index is -0.256. The Bertz CT molecular complexity index is 1430. The van der Waals surface area contributed by atoms with Crippen molar-refractivity contribution in [1.82, 2.24) is 29.2 Å². The molecule has 0 amide bonds. The fraction of sp³-hybridized carbons (Fsp3) is 0.364. The zero-order valence-electron chi connectivity index (χ0n) is 17.9. The van der Waals surface area contributed by atoms with Crippen molar-refractivity contribution in [3.8, 4) is 0 Å². The van der Waals surface area contributed by atoms with Crippen LogP contribution in [0.2, 0.25) is 0 Å². The Morgan fingerprint density at radius 1 is 1.24 bits per heavy atom. The third kappa shape index (κ3) is 3.22. The number of hydrogen-bond donors (Lipinski definition) is 0. The lowest BCUT2D eigenvalue weighted by atomic mass is 10.1. The topological polar surface area (TPSA) is 107 Å². The Morgan fingerprint density at radius 2 is 2.03 bits per heavy atom. The van der Waals surface area contributed by atoms with Crippen molar-refractivity contribution >= 4 is 23.6 Å². The molecule has 0 radical (unpaired) electrons. The van der Waals surface area contributed by atoms with Crippen molar-refractivity contribution < 1.29 is 8.91 Å². The van der Waals surface area contributed by atoms with Crippen molar-refractivity contribution in [2.75, 3.05) is 18.0 Å². The maximum atomic E-state index is 14.3. The van der Waals surface area contributed by atoms with E-state index in [1.807, 2.05) is 6.07 Å². The second kappa shape index (κ2) is 7.32. The van der Waals surface area contributed by atoms with Crippen LogP contribution in [0, 0.1) is 17.7 Å². The summed E-state index contributed by atoms with van der Waals surface area (Å²) in [7, 11) is 1.75. The minimum Gasteiger partial charge on any atom is -0.371 e. The SMILES string of the molecule is C=NCc1ccc(N2C[C@@H]3[C@H](C2)[C@H]3c2noc(Cn3cnc4ncn(C)c4c3=O)n2)cc1F. The van der Waals surface area contributed by atoms with Gasteiger partial charge in [0, 0.05) is 37.3 Å². The van der Waals surface area contributed by atoms with Crippen molar-refractivity contribution in [3.05, 3.63) is 64.3 Å². The number of fused-ring (bicyclic) bond motifs is 2. The molecule has 1 saturated carbocycles. The van der Waals surface area contributed by atoms with E-state index in [4.69, 9.17) is 4.52 Å². The second-order valence-electron chi connectivity index (χ2n) is 8.67. The number of benzene rings is 1.